The van der Waals surface area contributed by atoms with Crippen LogP contribution in [0.5, 0.6) is 5.75 Å². The maximum Gasteiger partial charge on any atom is 0.387 e. The number of nitrogens with zero attached hydrogens (tertiary/aromatic N) is 3. The van der Waals surface area contributed by atoms with Gasteiger partial charge in [0.2, 0.25) is 4.80 Å². The summed E-state index contributed by atoms with van der Waals surface area (Å²) in [5, 5.41) is 6.95. The van der Waals surface area contributed by atoms with Crippen molar-refractivity contribution in [3.63, 3.8) is 0 Å². The topological polar surface area (TPSA) is 48.1 Å². The molecule has 1 atom stereocenters. The van der Waals surface area contributed by atoms with Crippen molar-refractivity contribution < 1.29 is 18.3 Å². The van der Waals surface area contributed by atoms with E-state index in [-0.39, 0.29) is 11.9 Å². The number of benzene rings is 1. The van der Waals surface area contributed by atoms with Crippen LogP contribution in [-0.2, 0) is 4.74 Å². The van der Waals surface area contributed by atoms with Crippen molar-refractivity contribution in [3.8, 4) is 17.0 Å². The number of hydrogen-bond donors (Lipinski definition) is 0. The van der Waals surface area contributed by atoms with Crippen molar-refractivity contribution in [2.75, 3.05) is 13.2 Å². The second-order valence-corrected chi connectivity index (χ2v) is 8.16. The van der Waals surface area contributed by atoms with Crippen molar-refractivity contribution in [1.82, 2.24) is 4.68 Å². The Labute approximate surface area is 172 Å². The maximum atomic E-state index is 12.4. The minimum Gasteiger partial charge on any atom is -0.435 e. The van der Waals surface area contributed by atoms with Crippen molar-refractivity contribution >= 4 is 17.0 Å². The monoisotopic (exact) mass is 421 g/mol. The number of hydrogen-bond acceptors (Lipinski definition) is 5. The molecule has 1 aromatic heterocycles. The van der Waals surface area contributed by atoms with Gasteiger partial charge in [0.1, 0.15) is 5.75 Å². The Balaban J connectivity index is 1.66. The van der Waals surface area contributed by atoms with E-state index in [9.17, 15) is 8.78 Å². The van der Waals surface area contributed by atoms with Gasteiger partial charge in [-0.15, -0.1) is 11.3 Å². The predicted octanol–water partition coefficient (Wildman–Crippen LogP) is 5.07. The average molecular weight is 422 g/mol. The number of thiazole rings is 1. The van der Waals surface area contributed by atoms with Crippen molar-refractivity contribution in [2.45, 2.75) is 57.7 Å². The summed E-state index contributed by atoms with van der Waals surface area (Å²) in [7, 11) is 0. The van der Waals surface area contributed by atoms with E-state index in [0.717, 1.165) is 48.3 Å². The predicted molar refractivity (Wildman–Crippen MR) is 110 cm³/mol. The first-order chi connectivity index (χ1) is 14.2. The number of aromatic nitrogens is 1. The zero-order chi connectivity index (χ0) is 20.1. The molecule has 0 unspecified atom stereocenters. The maximum absolute atomic E-state index is 12.4. The van der Waals surface area contributed by atoms with Crippen molar-refractivity contribution in [3.05, 3.63) is 34.4 Å². The SMILES string of the molecule is FC(F)Oc1ccc(-c2csc(=NC[C@@H]3CCCO3)n2N=C2CCCCC2)cc1. The van der Waals surface area contributed by atoms with Gasteiger partial charge >= 0.3 is 6.61 Å². The van der Waals surface area contributed by atoms with Gasteiger partial charge in [0, 0.05) is 23.3 Å². The fraction of sp³-hybridized carbons (Fsp3) is 0.524. The molecule has 2 fully saturated rings. The molecule has 0 amide bonds. The number of ether oxygens (including phenoxy) is 2. The molecule has 1 aliphatic carbocycles. The van der Waals surface area contributed by atoms with Gasteiger partial charge in [0.25, 0.3) is 0 Å². The molecule has 29 heavy (non-hydrogen) atoms. The van der Waals surface area contributed by atoms with E-state index in [4.69, 9.17) is 14.8 Å². The van der Waals surface area contributed by atoms with Crippen LogP contribution in [0.15, 0.2) is 39.7 Å². The van der Waals surface area contributed by atoms with Gasteiger partial charge in [-0.05, 0) is 62.8 Å². The summed E-state index contributed by atoms with van der Waals surface area (Å²) >= 11 is 1.54. The van der Waals surface area contributed by atoms with Gasteiger partial charge in [0.15, 0.2) is 0 Å². The molecule has 5 nitrogen and oxygen atoms in total. The quantitative estimate of drug-likeness (QED) is 0.654. The smallest absolute Gasteiger partial charge is 0.387 e. The minimum absolute atomic E-state index is 0.146. The third-order valence-corrected chi connectivity index (χ3v) is 6.04. The highest BCUT2D eigenvalue weighted by atomic mass is 32.1. The molecular weight excluding hydrogens is 396 g/mol. The number of halogens is 2. The van der Waals surface area contributed by atoms with E-state index in [0.29, 0.717) is 6.54 Å². The second kappa shape index (κ2) is 9.63. The molecule has 156 valence electrons. The molecule has 0 bridgehead atoms. The Hall–Kier alpha value is -2.06. The van der Waals surface area contributed by atoms with E-state index in [1.54, 1.807) is 35.6 Å². The van der Waals surface area contributed by atoms with Crippen LogP contribution in [0, 0.1) is 0 Å². The third kappa shape index (κ3) is 5.30. The molecule has 1 aromatic carbocycles. The lowest BCUT2D eigenvalue weighted by Crippen LogP contribution is -2.19. The summed E-state index contributed by atoms with van der Waals surface area (Å²) < 4.78 is 36.9. The number of rotatable bonds is 6. The van der Waals surface area contributed by atoms with E-state index in [1.165, 1.54) is 25.0 Å². The summed E-state index contributed by atoms with van der Waals surface area (Å²) in [6.07, 6.45) is 7.92. The molecule has 1 saturated heterocycles. The van der Waals surface area contributed by atoms with Crippen LogP contribution in [0.1, 0.15) is 44.9 Å². The Bertz CT molecular complexity index is 891. The van der Waals surface area contributed by atoms with Crippen LogP contribution < -0.4 is 9.54 Å². The molecule has 0 radical (unpaired) electrons. The highest BCUT2D eigenvalue weighted by molar-refractivity contribution is 7.07. The Kier molecular flexibility index (Phi) is 6.71. The lowest BCUT2D eigenvalue weighted by atomic mass is 9.99. The molecule has 4 rings (SSSR count). The van der Waals surface area contributed by atoms with E-state index < -0.39 is 6.61 Å². The fourth-order valence-corrected chi connectivity index (χ4v) is 4.52. The van der Waals surface area contributed by atoms with Gasteiger partial charge in [0.05, 0.1) is 18.3 Å². The summed E-state index contributed by atoms with van der Waals surface area (Å²) in [6, 6.07) is 6.67. The molecule has 2 aliphatic rings. The summed E-state index contributed by atoms with van der Waals surface area (Å²) in [4.78, 5) is 5.62. The first kappa shape index (κ1) is 20.2. The molecule has 0 N–H and O–H groups in total. The average Bonchev–Trinajstić information content (AvgIpc) is 3.38. The third-order valence-electron chi connectivity index (χ3n) is 5.19. The molecule has 8 heteroatoms. The van der Waals surface area contributed by atoms with Crippen LogP contribution in [0.3, 0.4) is 0 Å². The molecule has 2 heterocycles. The van der Waals surface area contributed by atoms with E-state index >= 15 is 0 Å². The van der Waals surface area contributed by atoms with E-state index in [2.05, 4.69) is 4.74 Å². The first-order valence-corrected chi connectivity index (χ1v) is 11.0. The van der Waals surface area contributed by atoms with Crippen LogP contribution in [0.2, 0.25) is 0 Å². The van der Waals surface area contributed by atoms with Crippen LogP contribution in [-0.4, -0.2) is 36.3 Å². The largest absolute Gasteiger partial charge is 0.435 e. The zero-order valence-corrected chi connectivity index (χ0v) is 17.0. The van der Waals surface area contributed by atoms with Gasteiger partial charge < -0.3 is 9.47 Å². The molecular formula is C21H25F2N3O2S. The zero-order valence-electron chi connectivity index (χ0n) is 16.2. The van der Waals surface area contributed by atoms with Gasteiger partial charge in [-0.2, -0.15) is 13.9 Å². The van der Waals surface area contributed by atoms with Crippen molar-refractivity contribution in [1.29, 1.82) is 0 Å². The molecule has 0 spiro atoms. The first-order valence-electron chi connectivity index (χ1n) is 10.1. The highest BCUT2D eigenvalue weighted by Gasteiger charge is 2.16. The van der Waals surface area contributed by atoms with E-state index in [1.807, 2.05) is 10.1 Å². The van der Waals surface area contributed by atoms with Crippen LogP contribution >= 0.6 is 11.3 Å². The Morgan fingerprint density at radius 1 is 1.14 bits per heavy atom. The van der Waals surface area contributed by atoms with Crippen LogP contribution in [0.25, 0.3) is 11.3 Å². The minimum atomic E-state index is -2.83. The second-order valence-electron chi connectivity index (χ2n) is 7.32. The Morgan fingerprint density at radius 3 is 2.62 bits per heavy atom. The lowest BCUT2D eigenvalue weighted by Gasteiger charge is -2.13. The lowest BCUT2D eigenvalue weighted by molar-refractivity contribution is -0.0498. The fourth-order valence-electron chi connectivity index (χ4n) is 3.68. The standard InChI is InChI=1S/C21H25F2N3O2S/c22-20(23)28-17-10-8-15(9-11-17)19-14-29-21(24-13-18-7-4-12-27-18)26(19)25-16-5-2-1-3-6-16/h8-11,14,18,20H,1-7,12-13H2/t18-/m0/s1. The number of alkyl halides is 2. The van der Waals surface area contributed by atoms with Crippen LogP contribution in [0.4, 0.5) is 8.78 Å². The van der Waals surface area contributed by atoms with Gasteiger partial charge in [-0.25, -0.2) is 4.68 Å². The van der Waals surface area contributed by atoms with Crippen molar-refractivity contribution in [2.24, 2.45) is 10.1 Å². The summed E-state index contributed by atoms with van der Waals surface area (Å²) in [5.41, 5.74) is 2.98. The summed E-state index contributed by atoms with van der Waals surface area (Å²) in [5.74, 6) is 0.146. The molecule has 1 saturated carbocycles. The molecule has 1 aliphatic heterocycles. The Morgan fingerprint density at radius 2 is 1.93 bits per heavy atom. The normalized spacial score (nSPS) is 20.4. The van der Waals surface area contributed by atoms with Gasteiger partial charge in [-0.3, -0.25) is 4.99 Å². The van der Waals surface area contributed by atoms with Gasteiger partial charge in [-0.1, -0.05) is 6.42 Å². The highest BCUT2D eigenvalue weighted by Crippen LogP contribution is 2.25. The molecule has 2 aromatic rings. The summed E-state index contributed by atoms with van der Waals surface area (Å²) in [6.45, 7) is -1.38.